The van der Waals surface area contributed by atoms with Gasteiger partial charge in [-0.3, -0.25) is 4.98 Å². The van der Waals surface area contributed by atoms with E-state index in [1.807, 2.05) is 0 Å². The summed E-state index contributed by atoms with van der Waals surface area (Å²) in [5.74, 6) is -1.15. The molecule has 0 spiro atoms. The van der Waals surface area contributed by atoms with Gasteiger partial charge in [0.25, 0.3) is 0 Å². The lowest BCUT2D eigenvalue weighted by molar-refractivity contribution is 0.555. The van der Waals surface area contributed by atoms with E-state index in [2.05, 4.69) is 10.3 Å². The molecule has 7 heteroatoms. The maximum absolute atomic E-state index is 13.8. The largest absolute Gasteiger partial charge is 0.417 e. The number of aromatic nitrogens is 1. The van der Waals surface area contributed by atoms with Crippen LogP contribution in [0.1, 0.15) is 0 Å². The van der Waals surface area contributed by atoms with Gasteiger partial charge < -0.3 is 15.5 Å². The first-order valence-corrected chi connectivity index (χ1v) is 6.06. The molecule has 0 fully saturated rings. The molecule has 20 heavy (non-hydrogen) atoms. The van der Waals surface area contributed by atoms with E-state index in [1.54, 1.807) is 12.1 Å². The summed E-state index contributed by atoms with van der Waals surface area (Å²) >= 11 is 5.71. The lowest BCUT2D eigenvalue weighted by Crippen LogP contribution is -1.98. The van der Waals surface area contributed by atoms with Gasteiger partial charge in [0.15, 0.2) is 11.4 Å². The van der Waals surface area contributed by atoms with Crippen molar-refractivity contribution >= 4 is 39.8 Å². The number of hydrogen-bond donors (Lipinski definition) is 3. The van der Waals surface area contributed by atoms with Crippen molar-refractivity contribution in [3.8, 4) is 0 Å². The number of anilines is 3. The molecule has 0 aliphatic heterocycles. The number of fused-ring (bicyclic) bond motifs is 1. The first kappa shape index (κ1) is 12.6. The second-order valence-electron chi connectivity index (χ2n) is 4.18. The Bertz CT molecular complexity index is 856. The standard InChI is InChI=1S/C13H9ClFN3O2/c14-6-2-1-3-8(12(6)15)17-9-5-10-11(4-7(9)16)20-13(19)18-10/h1-5,17H,16H2,(H,18,19). The number of nitrogens with two attached hydrogens (primary N) is 1. The van der Waals surface area contributed by atoms with Crippen LogP contribution in [-0.2, 0) is 0 Å². The van der Waals surface area contributed by atoms with Crippen LogP contribution in [0.25, 0.3) is 11.1 Å². The SMILES string of the molecule is Nc1cc2oc(=O)[nH]c2cc1Nc1cccc(Cl)c1F. The minimum Gasteiger partial charge on any atom is -0.408 e. The molecule has 0 bridgehead atoms. The number of nitrogen functional groups attached to an aromatic ring is 1. The quantitative estimate of drug-likeness (QED) is 0.633. The fraction of sp³-hybridized carbons (Fsp3) is 0. The Labute approximate surface area is 117 Å². The normalized spacial score (nSPS) is 10.9. The zero-order valence-electron chi connectivity index (χ0n) is 10.0. The summed E-state index contributed by atoms with van der Waals surface area (Å²) in [5, 5.41) is 2.84. The fourth-order valence-electron chi connectivity index (χ4n) is 1.87. The highest BCUT2D eigenvalue weighted by Gasteiger charge is 2.10. The van der Waals surface area contributed by atoms with Crippen LogP contribution < -0.4 is 16.8 Å². The van der Waals surface area contributed by atoms with E-state index in [1.165, 1.54) is 18.2 Å². The van der Waals surface area contributed by atoms with Crippen LogP contribution in [0.4, 0.5) is 21.5 Å². The molecule has 0 aliphatic rings. The second-order valence-corrected chi connectivity index (χ2v) is 4.58. The number of benzene rings is 2. The van der Waals surface area contributed by atoms with Gasteiger partial charge in [0, 0.05) is 6.07 Å². The monoisotopic (exact) mass is 293 g/mol. The van der Waals surface area contributed by atoms with Gasteiger partial charge in [-0.15, -0.1) is 0 Å². The Hall–Kier alpha value is -2.47. The molecule has 3 rings (SSSR count). The van der Waals surface area contributed by atoms with Crippen molar-refractivity contribution in [2.75, 3.05) is 11.1 Å². The first-order valence-electron chi connectivity index (χ1n) is 5.68. The van der Waals surface area contributed by atoms with E-state index in [4.69, 9.17) is 21.8 Å². The van der Waals surface area contributed by atoms with Gasteiger partial charge in [-0.25, -0.2) is 9.18 Å². The summed E-state index contributed by atoms with van der Waals surface area (Å²) < 4.78 is 18.7. The number of H-pyrrole nitrogens is 1. The summed E-state index contributed by atoms with van der Waals surface area (Å²) in [7, 11) is 0. The van der Waals surface area contributed by atoms with Crippen molar-refractivity contribution in [1.82, 2.24) is 4.98 Å². The molecule has 1 heterocycles. The van der Waals surface area contributed by atoms with Crippen LogP contribution >= 0.6 is 11.6 Å². The Balaban J connectivity index is 2.08. The number of halogens is 2. The van der Waals surface area contributed by atoms with Crippen LogP contribution in [0.3, 0.4) is 0 Å². The highest BCUT2D eigenvalue weighted by molar-refractivity contribution is 6.31. The minimum absolute atomic E-state index is 0.00590. The Morgan fingerprint density at radius 1 is 1.30 bits per heavy atom. The second kappa shape index (κ2) is 4.57. The highest BCUT2D eigenvalue weighted by Crippen LogP contribution is 2.30. The van der Waals surface area contributed by atoms with Gasteiger partial charge in [0.2, 0.25) is 0 Å². The van der Waals surface area contributed by atoms with Gasteiger partial charge >= 0.3 is 5.76 Å². The molecule has 0 atom stereocenters. The Morgan fingerprint density at radius 3 is 2.90 bits per heavy atom. The van der Waals surface area contributed by atoms with E-state index in [9.17, 15) is 9.18 Å². The molecule has 0 unspecified atom stereocenters. The fourth-order valence-corrected chi connectivity index (χ4v) is 2.04. The minimum atomic E-state index is -0.578. The Morgan fingerprint density at radius 2 is 2.10 bits per heavy atom. The van der Waals surface area contributed by atoms with E-state index >= 15 is 0 Å². The number of rotatable bonds is 2. The third kappa shape index (κ3) is 2.10. The molecule has 0 saturated heterocycles. The molecule has 0 radical (unpaired) electrons. The first-order chi connectivity index (χ1) is 9.54. The van der Waals surface area contributed by atoms with Crippen LogP contribution in [-0.4, -0.2) is 4.98 Å². The lowest BCUT2D eigenvalue weighted by atomic mass is 10.2. The average Bonchev–Trinajstić information content (AvgIpc) is 2.74. The van der Waals surface area contributed by atoms with Crippen LogP contribution in [0.15, 0.2) is 39.5 Å². The van der Waals surface area contributed by atoms with Crippen molar-refractivity contribution in [1.29, 1.82) is 0 Å². The predicted molar refractivity (Wildman–Crippen MR) is 75.9 cm³/mol. The molecule has 3 aromatic rings. The number of aromatic amines is 1. The molecular formula is C13H9ClFN3O2. The number of nitrogens with one attached hydrogen (secondary N) is 2. The molecule has 4 N–H and O–H groups in total. The van der Waals surface area contributed by atoms with Crippen LogP contribution in [0, 0.1) is 5.82 Å². The number of oxazole rings is 1. The molecular weight excluding hydrogens is 285 g/mol. The van der Waals surface area contributed by atoms with Crippen LogP contribution in [0.2, 0.25) is 5.02 Å². The summed E-state index contributed by atoms with van der Waals surface area (Å²) in [6.07, 6.45) is 0. The third-order valence-electron chi connectivity index (χ3n) is 2.81. The van der Waals surface area contributed by atoms with Crippen molar-refractivity contribution in [2.45, 2.75) is 0 Å². The molecule has 0 amide bonds. The molecule has 5 nitrogen and oxygen atoms in total. The van der Waals surface area contributed by atoms with Crippen molar-refractivity contribution in [3.05, 3.63) is 51.7 Å². The van der Waals surface area contributed by atoms with Gasteiger partial charge in [-0.2, -0.15) is 0 Å². The third-order valence-corrected chi connectivity index (χ3v) is 3.10. The molecule has 102 valence electrons. The molecule has 1 aromatic heterocycles. The average molecular weight is 294 g/mol. The maximum Gasteiger partial charge on any atom is 0.417 e. The van der Waals surface area contributed by atoms with Crippen LogP contribution in [0.5, 0.6) is 0 Å². The highest BCUT2D eigenvalue weighted by atomic mass is 35.5. The van der Waals surface area contributed by atoms with Crippen molar-refractivity contribution in [3.63, 3.8) is 0 Å². The van der Waals surface area contributed by atoms with Gasteiger partial charge in [-0.05, 0) is 18.2 Å². The van der Waals surface area contributed by atoms with Gasteiger partial charge in [-0.1, -0.05) is 17.7 Å². The zero-order chi connectivity index (χ0) is 14.3. The lowest BCUT2D eigenvalue weighted by Gasteiger charge is -2.10. The Kier molecular flexibility index (Phi) is 2.87. The maximum atomic E-state index is 13.8. The smallest absolute Gasteiger partial charge is 0.408 e. The molecule has 2 aromatic carbocycles. The van der Waals surface area contributed by atoms with E-state index in [-0.39, 0.29) is 10.7 Å². The zero-order valence-corrected chi connectivity index (χ0v) is 10.8. The predicted octanol–water partition coefficient (Wildman–Crippen LogP) is 3.24. The van der Waals surface area contributed by atoms with E-state index < -0.39 is 11.6 Å². The summed E-state index contributed by atoms with van der Waals surface area (Å²) in [6.45, 7) is 0. The van der Waals surface area contributed by atoms with Gasteiger partial charge in [0.05, 0.1) is 27.6 Å². The number of hydrogen-bond acceptors (Lipinski definition) is 4. The summed E-state index contributed by atoms with van der Waals surface area (Å²) in [6, 6.07) is 7.64. The van der Waals surface area contributed by atoms with Crippen molar-refractivity contribution < 1.29 is 8.81 Å². The molecule has 0 aliphatic carbocycles. The van der Waals surface area contributed by atoms with Crippen molar-refractivity contribution in [2.24, 2.45) is 0 Å². The molecule has 0 saturated carbocycles. The van der Waals surface area contributed by atoms with E-state index in [0.29, 0.717) is 22.5 Å². The van der Waals surface area contributed by atoms with Gasteiger partial charge in [0.1, 0.15) is 0 Å². The summed E-state index contributed by atoms with van der Waals surface area (Å²) in [5.41, 5.74) is 7.59. The van der Waals surface area contributed by atoms with E-state index in [0.717, 1.165) is 0 Å². The topological polar surface area (TPSA) is 84.0 Å². The summed E-state index contributed by atoms with van der Waals surface area (Å²) in [4.78, 5) is 13.6.